The van der Waals surface area contributed by atoms with Gasteiger partial charge in [0.25, 0.3) is 11.6 Å². The van der Waals surface area contributed by atoms with Gasteiger partial charge in [0.15, 0.2) is 4.96 Å². The van der Waals surface area contributed by atoms with Crippen molar-refractivity contribution in [2.75, 3.05) is 0 Å². The summed E-state index contributed by atoms with van der Waals surface area (Å²) in [4.78, 5) is 29.0. The first-order valence-corrected chi connectivity index (χ1v) is 10.6. The number of fused-ring (bicyclic) bond motifs is 1. The van der Waals surface area contributed by atoms with Gasteiger partial charge in [-0.25, -0.2) is 4.98 Å². The zero-order chi connectivity index (χ0) is 20.5. The molecule has 29 heavy (non-hydrogen) atoms. The Hall–Kier alpha value is -2.79. The van der Waals surface area contributed by atoms with Gasteiger partial charge >= 0.3 is 0 Å². The van der Waals surface area contributed by atoms with E-state index in [1.807, 2.05) is 35.6 Å². The van der Waals surface area contributed by atoms with Crippen LogP contribution in [0, 0.1) is 20.6 Å². The fraction of sp³-hybridized carbons (Fsp3) is 0.100. The minimum absolute atomic E-state index is 0.0197. The number of benzene rings is 2. The monoisotopic (exact) mass is 518 g/mol. The Balaban J connectivity index is 1.56. The first kappa shape index (κ1) is 19.5. The SMILES string of the molecule is Cc1c(C(=O)NCc2ccc(I)cc2)sc2nc(-c3cccc([N+](=O)[O-])c3)cn12. The number of hydrogen-bond acceptors (Lipinski definition) is 5. The molecule has 2 aromatic carbocycles. The highest BCUT2D eigenvalue weighted by atomic mass is 127. The number of nitro benzene ring substituents is 1. The molecule has 2 aromatic heterocycles. The van der Waals surface area contributed by atoms with Crippen molar-refractivity contribution < 1.29 is 9.72 Å². The molecule has 0 saturated heterocycles. The standard InChI is InChI=1S/C20H15IN4O3S/c1-12-18(19(26)22-10-13-5-7-15(21)8-6-13)29-20-23-17(11-24(12)20)14-3-2-4-16(9-14)25(27)28/h2-9,11H,10H2,1H3,(H,22,26). The molecule has 4 rings (SSSR count). The summed E-state index contributed by atoms with van der Waals surface area (Å²) in [6, 6.07) is 14.3. The van der Waals surface area contributed by atoms with Gasteiger partial charge in [0.2, 0.25) is 0 Å². The van der Waals surface area contributed by atoms with E-state index in [4.69, 9.17) is 0 Å². The molecule has 0 fully saturated rings. The molecule has 7 nitrogen and oxygen atoms in total. The average molecular weight is 518 g/mol. The highest BCUT2D eigenvalue weighted by molar-refractivity contribution is 14.1. The molecule has 0 atom stereocenters. The maximum atomic E-state index is 12.6. The third-order valence-corrected chi connectivity index (χ3v) is 6.36. The zero-order valence-electron chi connectivity index (χ0n) is 15.3. The van der Waals surface area contributed by atoms with Crippen LogP contribution in [-0.2, 0) is 6.54 Å². The van der Waals surface area contributed by atoms with E-state index in [0.717, 1.165) is 14.8 Å². The minimum atomic E-state index is -0.427. The lowest BCUT2D eigenvalue weighted by molar-refractivity contribution is -0.384. The Bertz CT molecular complexity index is 1230. The maximum absolute atomic E-state index is 12.6. The largest absolute Gasteiger partial charge is 0.347 e. The lowest BCUT2D eigenvalue weighted by atomic mass is 10.1. The number of thiazole rings is 1. The molecule has 9 heteroatoms. The average Bonchev–Trinajstić information content (AvgIpc) is 3.27. The molecule has 2 heterocycles. The van der Waals surface area contributed by atoms with E-state index in [-0.39, 0.29) is 11.6 Å². The van der Waals surface area contributed by atoms with Crippen molar-refractivity contribution in [3.05, 3.63) is 84.5 Å². The highest BCUT2D eigenvalue weighted by Gasteiger charge is 2.18. The Morgan fingerprint density at radius 2 is 2.03 bits per heavy atom. The van der Waals surface area contributed by atoms with Crippen molar-refractivity contribution in [2.24, 2.45) is 0 Å². The number of aryl methyl sites for hydroxylation is 1. The van der Waals surface area contributed by atoms with Crippen molar-refractivity contribution >= 4 is 50.5 Å². The molecule has 0 aliphatic carbocycles. The molecular weight excluding hydrogens is 503 g/mol. The Labute approximate surface area is 183 Å². The second kappa shape index (κ2) is 7.91. The van der Waals surface area contributed by atoms with Crippen molar-refractivity contribution in [1.82, 2.24) is 14.7 Å². The number of aromatic nitrogens is 2. The van der Waals surface area contributed by atoms with Gasteiger partial charge < -0.3 is 5.32 Å². The smallest absolute Gasteiger partial charge is 0.270 e. The first-order valence-electron chi connectivity index (χ1n) is 8.68. The molecule has 0 radical (unpaired) electrons. The minimum Gasteiger partial charge on any atom is -0.347 e. The van der Waals surface area contributed by atoms with Crippen molar-refractivity contribution in [1.29, 1.82) is 0 Å². The molecule has 4 aromatic rings. The topological polar surface area (TPSA) is 89.5 Å². The van der Waals surface area contributed by atoms with E-state index >= 15 is 0 Å². The summed E-state index contributed by atoms with van der Waals surface area (Å²) in [5.74, 6) is -0.145. The van der Waals surface area contributed by atoms with E-state index in [1.165, 1.54) is 23.5 Å². The molecule has 0 bridgehead atoms. The van der Waals surface area contributed by atoms with Crippen molar-refractivity contribution in [2.45, 2.75) is 13.5 Å². The van der Waals surface area contributed by atoms with Crippen molar-refractivity contribution in [3.8, 4) is 11.3 Å². The highest BCUT2D eigenvalue weighted by Crippen LogP contribution is 2.28. The summed E-state index contributed by atoms with van der Waals surface area (Å²) in [6.45, 7) is 2.32. The predicted molar refractivity (Wildman–Crippen MR) is 120 cm³/mol. The number of nitrogens with one attached hydrogen (secondary N) is 1. The molecule has 0 spiro atoms. The van der Waals surface area contributed by atoms with Gasteiger partial charge in [0.1, 0.15) is 4.88 Å². The molecule has 1 N–H and O–H groups in total. The zero-order valence-corrected chi connectivity index (χ0v) is 18.2. The quantitative estimate of drug-likeness (QED) is 0.233. The molecule has 0 saturated carbocycles. The van der Waals surface area contributed by atoms with Gasteiger partial charge in [-0.1, -0.05) is 35.6 Å². The normalized spacial score (nSPS) is 11.0. The van der Waals surface area contributed by atoms with Crippen LogP contribution in [0.25, 0.3) is 16.2 Å². The van der Waals surface area contributed by atoms with E-state index in [2.05, 4.69) is 32.9 Å². The molecule has 0 aliphatic heterocycles. The van der Waals surface area contributed by atoms with E-state index < -0.39 is 4.92 Å². The Kier molecular flexibility index (Phi) is 5.33. The summed E-state index contributed by atoms with van der Waals surface area (Å²) in [6.07, 6.45) is 1.80. The van der Waals surface area contributed by atoms with Gasteiger partial charge in [0.05, 0.1) is 10.6 Å². The number of nitrogens with zero attached hydrogens (tertiary/aromatic N) is 3. The fourth-order valence-corrected chi connectivity index (χ4v) is 4.33. The van der Waals surface area contributed by atoms with Gasteiger partial charge in [-0.3, -0.25) is 19.3 Å². The van der Waals surface area contributed by atoms with Gasteiger partial charge in [-0.15, -0.1) is 0 Å². The summed E-state index contributed by atoms with van der Waals surface area (Å²) in [5, 5.41) is 13.9. The van der Waals surface area contributed by atoms with Crippen LogP contribution in [0.15, 0.2) is 54.7 Å². The van der Waals surface area contributed by atoms with Crippen LogP contribution in [0.3, 0.4) is 0 Å². The lowest BCUT2D eigenvalue weighted by Crippen LogP contribution is -2.22. The Morgan fingerprint density at radius 3 is 2.72 bits per heavy atom. The third kappa shape index (κ3) is 4.01. The number of non-ortho nitro benzene ring substituents is 1. The number of amides is 1. The summed E-state index contributed by atoms with van der Waals surface area (Å²) in [5.41, 5.74) is 3.14. The van der Waals surface area contributed by atoms with E-state index in [1.54, 1.807) is 18.3 Å². The predicted octanol–water partition coefficient (Wildman–Crippen LogP) is 4.81. The van der Waals surface area contributed by atoms with E-state index in [0.29, 0.717) is 27.6 Å². The van der Waals surface area contributed by atoms with Gasteiger partial charge in [0, 0.05) is 39.7 Å². The number of halogens is 1. The lowest BCUT2D eigenvalue weighted by Gasteiger charge is -2.05. The second-order valence-corrected chi connectivity index (χ2v) is 8.64. The van der Waals surface area contributed by atoms with Crippen LogP contribution in [0.1, 0.15) is 20.9 Å². The third-order valence-electron chi connectivity index (χ3n) is 4.48. The van der Waals surface area contributed by atoms with Crippen LogP contribution in [0.2, 0.25) is 0 Å². The number of rotatable bonds is 5. The summed E-state index contributed by atoms with van der Waals surface area (Å²) >= 11 is 3.54. The molecule has 0 unspecified atom stereocenters. The summed E-state index contributed by atoms with van der Waals surface area (Å²) in [7, 11) is 0. The van der Waals surface area contributed by atoms with Crippen LogP contribution in [-0.4, -0.2) is 20.2 Å². The molecule has 146 valence electrons. The van der Waals surface area contributed by atoms with Crippen LogP contribution < -0.4 is 5.32 Å². The molecule has 1 amide bonds. The first-order chi connectivity index (χ1) is 13.9. The molecular formula is C20H15IN4O3S. The fourth-order valence-electron chi connectivity index (χ4n) is 2.94. The van der Waals surface area contributed by atoms with Crippen LogP contribution in [0.5, 0.6) is 0 Å². The van der Waals surface area contributed by atoms with Crippen molar-refractivity contribution in [3.63, 3.8) is 0 Å². The number of carbonyl (C=O) groups is 1. The second-order valence-electron chi connectivity index (χ2n) is 6.41. The summed E-state index contributed by atoms with van der Waals surface area (Å²) < 4.78 is 2.99. The number of carbonyl (C=O) groups excluding carboxylic acids is 1. The van der Waals surface area contributed by atoms with Gasteiger partial charge in [-0.2, -0.15) is 0 Å². The number of imidazole rings is 1. The number of hydrogen-bond donors (Lipinski definition) is 1. The molecule has 0 aliphatic rings. The van der Waals surface area contributed by atoms with Crippen LogP contribution in [0.4, 0.5) is 5.69 Å². The maximum Gasteiger partial charge on any atom is 0.270 e. The van der Waals surface area contributed by atoms with E-state index in [9.17, 15) is 14.9 Å². The van der Waals surface area contributed by atoms with Crippen LogP contribution >= 0.6 is 33.9 Å². The Morgan fingerprint density at radius 1 is 1.28 bits per heavy atom. The van der Waals surface area contributed by atoms with Gasteiger partial charge in [-0.05, 0) is 47.2 Å². The number of nitro groups is 1.